The normalized spacial score (nSPS) is 10.2. The number of halogens is 2. The summed E-state index contributed by atoms with van der Waals surface area (Å²) in [5, 5.41) is 10.6. The van der Waals surface area contributed by atoms with Gasteiger partial charge in [0.2, 0.25) is 0 Å². The summed E-state index contributed by atoms with van der Waals surface area (Å²) in [4.78, 5) is 10.2. The average Bonchev–Trinajstić information content (AvgIpc) is 2.07. The number of nitrogens with zero attached hydrogens (tertiary/aromatic N) is 1. The van der Waals surface area contributed by atoms with Gasteiger partial charge in [-0.05, 0) is 51.3 Å². The third kappa shape index (κ3) is 1.91. The maximum absolute atomic E-state index is 10.6. The standard InChI is InChI=1S/C8H7Br2NO2/c1-4-5(2)8(10)6(9)3-7(4)11(12)13/h3H,1-2H3. The molecule has 1 aromatic carbocycles. The lowest BCUT2D eigenvalue weighted by Crippen LogP contribution is -1.95. The van der Waals surface area contributed by atoms with Crippen molar-refractivity contribution in [2.45, 2.75) is 13.8 Å². The molecule has 0 fully saturated rings. The van der Waals surface area contributed by atoms with Crippen molar-refractivity contribution < 1.29 is 4.92 Å². The van der Waals surface area contributed by atoms with E-state index in [1.807, 2.05) is 6.92 Å². The summed E-state index contributed by atoms with van der Waals surface area (Å²) in [6.07, 6.45) is 0. The number of nitro benzene ring substituents is 1. The van der Waals surface area contributed by atoms with Crippen molar-refractivity contribution in [1.29, 1.82) is 0 Å². The highest BCUT2D eigenvalue weighted by atomic mass is 79.9. The van der Waals surface area contributed by atoms with Gasteiger partial charge in [0.25, 0.3) is 5.69 Å². The smallest absolute Gasteiger partial charge is 0.258 e. The number of benzene rings is 1. The van der Waals surface area contributed by atoms with Gasteiger partial charge >= 0.3 is 0 Å². The van der Waals surface area contributed by atoms with Gasteiger partial charge in [0.05, 0.1) is 4.92 Å². The fourth-order valence-corrected chi connectivity index (χ4v) is 1.94. The molecule has 70 valence electrons. The second kappa shape index (κ2) is 3.75. The molecule has 0 bridgehead atoms. The van der Waals surface area contributed by atoms with Crippen molar-refractivity contribution in [2.75, 3.05) is 0 Å². The molecule has 0 atom stereocenters. The molecule has 1 aromatic rings. The Morgan fingerprint density at radius 3 is 2.31 bits per heavy atom. The Morgan fingerprint density at radius 1 is 1.31 bits per heavy atom. The first-order valence-electron chi connectivity index (χ1n) is 3.54. The Labute approximate surface area is 92.5 Å². The van der Waals surface area contributed by atoms with Crippen LogP contribution in [0.2, 0.25) is 0 Å². The van der Waals surface area contributed by atoms with E-state index in [1.165, 1.54) is 6.07 Å². The van der Waals surface area contributed by atoms with Crippen molar-refractivity contribution in [3.63, 3.8) is 0 Å². The molecule has 0 aliphatic carbocycles. The lowest BCUT2D eigenvalue weighted by atomic mass is 10.1. The molecule has 5 heteroatoms. The van der Waals surface area contributed by atoms with Crippen molar-refractivity contribution in [1.82, 2.24) is 0 Å². The second-order valence-electron chi connectivity index (χ2n) is 2.70. The fourth-order valence-electron chi connectivity index (χ4n) is 1.02. The van der Waals surface area contributed by atoms with Gasteiger partial charge in [0.1, 0.15) is 0 Å². The number of rotatable bonds is 1. The number of hydrogen-bond donors (Lipinski definition) is 0. The van der Waals surface area contributed by atoms with Crippen LogP contribution in [0, 0.1) is 24.0 Å². The molecular weight excluding hydrogens is 302 g/mol. The highest BCUT2D eigenvalue weighted by Gasteiger charge is 2.16. The molecule has 0 saturated heterocycles. The summed E-state index contributed by atoms with van der Waals surface area (Å²) in [5.41, 5.74) is 1.73. The molecular formula is C8H7Br2NO2. The second-order valence-corrected chi connectivity index (χ2v) is 4.35. The number of hydrogen-bond acceptors (Lipinski definition) is 2. The maximum atomic E-state index is 10.6. The molecule has 13 heavy (non-hydrogen) atoms. The molecule has 0 spiro atoms. The predicted octanol–water partition coefficient (Wildman–Crippen LogP) is 3.74. The third-order valence-corrected chi connectivity index (χ3v) is 4.13. The van der Waals surface area contributed by atoms with E-state index in [0.29, 0.717) is 10.0 Å². The predicted molar refractivity (Wildman–Crippen MR) is 58.0 cm³/mol. The molecule has 3 nitrogen and oxygen atoms in total. The summed E-state index contributed by atoms with van der Waals surface area (Å²) >= 11 is 6.59. The van der Waals surface area contributed by atoms with E-state index in [4.69, 9.17) is 0 Å². The van der Waals surface area contributed by atoms with E-state index in [-0.39, 0.29) is 10.6 Å². The van der Waals surface area contributed by atoms with Gasteiger partial charge in [-0.1, -0.05) is 0 Å². The van der Waals surface area contributed by atoms with E-state index >= 15 is 0 Å². The minimum Gasteiger partial charge on any atom is -0.258 e. The van der Waals surface area contributed by atoms with Crippen LogP contribution in [-0.4, -0.2) is 4.92 Å². The van der Waals surface area contributed by atoms with Crippen LogP contribution in [0.25, 0.3) is 0 Å². The highest BCUT2D eigenvalue weighted by Crippen LogP contribution is 2.34. The Balaban J connectivity index is 3.50. The zero-order valence-electron chi connectivity index (χ0n) is 7.10. The van der Waals surface area contributed by atoms with E-state index in [1.54, 1.807) is 6.92 Å². The van der Waals surface area contributed by atoms with Crippen molar-refractivity contribution in [3.05, 3.63) is 36.3 Å². The van der Waals surface area contributed by atoms with Crippen LogP contribution in [0.3, 0.4) is 0 Å². The molecule has 0 aromatic heterocycles. The van der Waals surface area contributed by atoms with E-state index in [0.717, 1.165) is 10.0 Å². The van der Waals surface area contributed by atoms with Gasteiger partial charge in [0.15, 0.2) is 0 Å². The van der Waals surface area contributed by atoms with Gasteiger partial charge < -0.3 is 0 Å². The molecule has 0 amide bonds. The lowest BCUT2D eigenvalue weighted by molar-refractivity contribution is -0.385. The summed E-state index contributed by atoms with van der Waals surface area (Å²) < 4.78 is 1.58. The zero-order valence-corrected chi connectivity index (χ0v) is 10.3. The van der Waals surface area contributed by atoms with Crippen LogP contribution in [0.15, 0.2) is 15.0 Å². The van der Waals surface area contributed by atoms with Crippen LogP contribution < -0.4 is 0 Å². The summed E-state index contributed by atoms with van der Waals surface area (Å²) in [6, 6.07) is 1.51. The first-order valence-corrected chi connectivity index (χ1v) is 5.13. The summed E-state index contributed by atoms with van der Waals surface area (Å²) in [5.74, 6) is 0. The van der Waals surface area contributed by atoms with E-state index in [9.17, 15) is 10.1 Å². The molecule has 0 aliphatic rings. The quantitative estimate of drug-likeness (QED) is 0.586. The minimum absolute atomic E-state index is 0.146. The van der Waals surface area contributed by atoms with Crippen molar-refractivity contribution >= 4 is 37.5 Å². The van der Waals surface area contributed by atoms with Crippen LogP contribution in [0.4, 0.5) is 5.69 Å². The fraction of sp³-hybridized carbons (Fsp3) is 0.250. The SMILES string of the molecule is Cc1c([N+](=O)[O-])cc(Br)c(Br)c1C. The molecule has 0 aliphatic heterocycles. The topological polar surface area (TPSA) is 43.1 Å². The first kappa shape index (κ1) is 10.7. The van der Waals surface area contributed by atoms with Crippen molar-refractivity contribution in [3.8, 4) is 0 Å². The largest absolute Gasteiger partial charge is 0.273 e. The summed E-state index contributed by atoms with van der Waals surface area (Å²) in [6.45, 7) is 3.59. The zero-order chi connectivity index (χ0) is 10.2. The third-order valence-electron chi connectivity index (χ3n) is 1.95. The number of nitro groups is 1. The monoisotopic (exact) mass is 307 g/mol. The van der Waals surface area contributed by atoms with Gasteiger partial charge in [-0.15, -0.1) is 0 Å². The van der Waals surface area contributed by atoms with E-state index < -0.39 is 0 Å². The van der Waals surface area contributed by atoms with Crippen molar-refractivity contribution in [2.24, 2.45) is 0 Å². The van der Waals surface area contributed by atoms with Crippen LogP contribution in [0.5, 0.6) is 0 Å². The average molecular weight is 309 g/mol. The molecule has 1 rings (SSSR count). The Kier molecular flexibility index (Phi) is 3.08. The minimum atomic E-state index is -0.375. The Morgan fingerprint density at radius 2 is 1.85 bits per heavy atom. The summed E-state index contributed by atoms with van der Waals surface area (Å²) in [7, 11) is 0. The van der Waals surface area contributed by atoms with Gasteiger partial charge in [-0.25, -0.2) is 0 Å². The highest BCUT2D eigenvalue weighted by molar-refractivity contribution is 9.13. The molecule has 0 saturated carbocycles. The molecule has 0 N–H and O–H groups in total. The first-order chi connectivity index (χ1) is 5.95. The van der Waals surface area contributed by atoms with Crippen LogP contribution >= 0.6 is 31.9 Å². The van der Waals surface area contributed by atoms with Gasteiger partial charge in [-0.2, -0.15) is 0 Å². The van der Waals surface area contributed by atoms with Gasteiger partial charge in [0, 0.05) is 20.6 Å². The van der Waals surface area contributed by atoms with Crippen LogP contribution in [-0.2, 0) is 0 Å². The Hall–Kier alpha value is -0.420. The maximum Gasteiger partial charge on any atom is 0.273 e. The molecule has 0 radical (unpaired) electrons. The van der Waals surface area contributed by atoms with Crippen LogP contribution in [0.1, 0.15) is 11.1 Å². The Bertz CT molecular complexity index is 377. The van der Waals surface area contributed by atoms with Gasteiger partial charge in [-0.3, -0.25) is 10.1 Å². The van der Waals surface area contributed by atoms with E-state index in [2.05, 4.69) is 31.9 Å². The lowest BCUT2D eigenvalue weighted by Gasteiger charge is -2.05. The molecule has 0 unspecified atom stereocenters. The molecule has 0 heterocycles.